The number of aromatic nitrogens is 6. The number of benzene rings is 12. The summed E-state index contributed by atoms with van der Waals surface area (Å²) in [6.07, 6.45) is 0. The second-order valence-electron chi connectivity index (χ2n) is 24.3. The van der Waals surface area contributed by atoms with Crippen molar-refractivity contribution in [3.63, 3.8) is 0 Å². The maximum atomic E-state index is 6.53. The molecule has 0 amide bonds. The Bertz CT molecular complexity index is 5880. The summed E-state index contributed by atoms with van der Waals surface area (Å²) in [5, 5.41) is 9.40. The summed E-state index contributed by atoms with van der Waals surface area (Å²) in [4.78, 5) is 12.0. The average Bonchev–Trinajstić information content (AvgIpc) is 1.64. The Labute approximate surface area is 526 Å². The van der Waals surface area contributed by atoms with Gasteiger partial charge in [0.2, 0.25) is 0 Å². The van der Waals surface area contributed by atoms with Crippen molar-refractivity contribution in [2.45, 2.75) is 20.8 Å². The minimum absolute atomic E-state index is 0.797. The summed E-state index contributed by atoms with van der Waals surface area (Å²) in [5.74, 6) is 0.797. The second kappa shape index (κ2) is 20.6. The lowest BCUT2D eigenvalue weighted by Crippen LogP contribution is -2.14. The molecule has 0 aliphatic carbocycles. The van der Waals surface area contributed by atoms with Crippen molar-refractivity contribution in [1.82, 2.24) is 28.2 Å². The van der Waals surface area contributed by atoms with Crippen LogP contribution in [0.5, 0.6) is 0 Å². The lowest BCUT2D eigenvalue weighted by atomic mass is 9.89. The SMILES string of the molecule is Cc1ccc2c(c1)c1ccccc1n2-c1nc(-c2cccc(-n3c4ccccc4c4ccccc43)c2)c(-n2c3ccccc3c3cc(C)ccc32)c(-c2ccccc2-c2cc(-c3ccccc3)nc(-c3ccccc3)c2)c1-n1c2ccccc2c2cc(C)ccc21. The summed E-state index contributed by atoms with van der Waals surface area (Å²) in [7, 11) is 0. The van der Waals surface area contributed by atoms with Gasteiger partial charge in [-0.25, -0.2) is 9.97 Å². The van der Waals surface area contributed by atoms with E-state index in [-0.39, 0.29) is 0 Å². The molecular formula is C85H58N6. The molecular weight excluding hydrogens is 1100 g/mol. The number of pyridine rings is 2. The van der Waals surface area contributed by atoms with E-state index in [4.69, 9.17) is 9.97 Å². The van der Waals surface area contributed by atoms with Gasteiger partial charge in [-0.2, -0.15) is 0 Å². The third-order valence-corrected chi connectivity index (χ3v) is 18.7. The summed E-state index contributed by atoms with van der Waals surface area (Å²) in [5.41, 5.74) is 25.0. The Morgan fingerprint density at radius 3 is 1.11 bits per heavy atom. The van der Waals surface area contributed by atoms with Crippen LogP contribution >= 0.6 is 0 Å². The smallest absolute Gasteiger partial charge is 0.163 e. The van der Waals surface area contributed by atoms with Crippen molar-refractivity contribution in [3.05, 3.63) is 314 Å². The van der Waals surface area contributed by atoms with Crippen LogP contribution in [0.1, 0.15) is 16.7 Å². The number of hydrogen-bond acceptors (Lipinski definition) is 2. The van der Waals surface area contributed by atoms with Gasteiger partial charge < -0.3 is 13.7 Å². The fraction of sp³-hybridized carbons (Fsp3) is 0.0353. The Morgan fingerprint density at radius 1 is 0.242 bits per heavy atom. The first-order chi connectivity index (χ1) is 44.9. The number of para-hydroxylation sites is 5. The van der Waals surface area contributed by atoms with Gasteiger partial charge in [0, 0.05) is 71.0 Å². The van der Waals surface area contributed by atoms with Gasteiger partial charge >= 0.3 is 0 Å². The number of rotatable bonds is 9. The zero-order chi connectivity index (χ0) is 60.4. The van der Waals surface area contributed by atoms with Gasteiger partial charge in [-0.1, -0.05) is 223 Å². The van der Waals surface area contributed by atoms with Crippen molar-refractivity contribution < 1.29 is 0 Å². The summed E-state index contributed by atoms with van der Waals surface area (Å²) >= 11 is 0. The van der Waals surface area contributed by atoms with Crippen molar-refractivity contribution in [3.8, 4) is 78.9 Å². The fourth-order valence-corrected chi connectivity index (χ4v) is 14.7. The summed E-state index contributed by atoms with van der Waals surface area (Å²) in [6.45, 7) is 6.60. The second-order valence-corrected chi connectivity index (χ2v) is 24.3. The molecule has 0 radical (unpaired) electrons. The number of hydrogen-bond donors (Lipinski definition) is 0. The maximum Gasteiger partial charge on any atom is 0.163 e. The Balaban J connectivity index is 1.10. The molecule has 12 aromatic carbocycles. The van der Waals surface area contributed by atoms with Gasteiger partial charge in [0.15, 0.2) is 5.82 Å². The molecule has 0 saturated heterocycles. The van der Waals surface area contributed by atoms with Crippen molar-refractivity contribution in [1.29, 1.82) is 0 Å². The van der Waals surface area contributed by atoms with Crippen LogP contribution in [0.2, 0.25) is 0 Å². The molecule has 6 nitrogen and oxygen atoms in total. The fourth-order valence-electron chi connectivity index (χ4n) is 14.7. The molecule has 0 unspecified atom stereocenters. The van der Waals surface area contributed by atoms with Crippen LogP contribution < -0.4 is 0 Å². The molecule has 0 fully saturated rings. The lowest BCUT2D eigenvalue weighted by Gasteiger charge is -2.27. The third-order valence-electron chi connectivity index (χ3n) is 18.7. The minimum Gasteiger partial charge on any atom is -0.309 e. The molecule has 0 saturated carbocycles. The Hall–Kier alpha value is -11.9. The molecule has 6 aromatic heterocycles. The predicted molar refractivity (Wildman–Crippen MR) is 381 cm³/mol. The van der Waals surface area contributed by atoms with Crippen LogP contribution in [0.25, 0.3) is 166 Å². The van der Waals surface area contributed by atoms with E-state index in [0.29, 0.717) is 0 Å². The van der Waals surface area contributed by atoms with Gasteiger partial charge in [0.1, 0.15) is 0 Å². The van der Waals surface area contributed by atoms with Crippen molar-refractivity contribution in [2.75, 3.05) is 0 Å². The third kappa shape index (κ3) is 8.19. The van der Waals surface area contributed by atoms with Crippen molar-refractivity contribution >= 4 is 87.2 Å². The van der Waals surface area contributed by atoms with Crippen LogP contribution in [0.15, 0.2) is 297 Å². The quantitative estimate of drug-likeness (QED) is 0.145. The van der Waals surface area contributed by atoms with Crippen molar-refractivity contribution in [2.24, 2.45) is 0 Å². The van der Waals surface area contributed by atoms with Gasteiger partial charge in [-0.3, -0.25) is 4.57 Å². The average molecular weight is 1160 g/mol. The molecule has 6 heteroatoms. The van der Waals surface area contributed by atoms with Crippen LogP contribution in [0, 0.1) is 20.8 Å². The van der Waals surface area contributed by atoms with Gasteiger partial charge in [0.25, 0.3) is 0 Å². The molecule has 428 valence electrons. The highest BCUT2D eigenvalue weighted by Crippen LogP contribution is 2.51. The predicted octanol–water partition coefficient (Wildman–Crippen LogP) is 22.1. The lowest BCUT2D eigenvalue weighted by molar-refractivity contribution is 1.01. The van der Waals surface area contributed by atoms with E-state index >= 15 is 0 Å². The van der Waals surface area contributed by atoms with E-state index in [1.807, 2.05) is 0 Å². The van der Waals surface area contributed by atoms with E-state index < -0.39 is 0 Å². The molecule has 18 aromatic rings. The first-order valence-corrected chi connectivity index (χ1v) is 31.3. The molecule has 18 rings (SSSR count). The molecule has 6 heterocycles. The zero-order valence-corrected chi connectivity index (χ0v) is 50.5. The van der Waals surface area contributed by atoms with E-state index in [1.165, 1.54) is 43.6 Å². The van der Waals surface area contributed by atoms with Gasteiger partial charge in [-0.05, 0) is 128 Å². The number of fused-ring (bicyclic) bond motifs is 12. The molecule has 0 aliphatic rings. The number of nitrogens with zero attached hydrogens (tertiary/aromatic N) is 6. The van der Waals surface area contributed by atoms with E-state index in [1.54, 1.807) is 0 Å². The molecule has 0 aliphatic heterocycles. The highest BCUT2D eigenvalue weighted by atomic mass is 15.1. The molecule has 91 heavy (non-hydrogen) atoms. The number of aryl methyl sites for hydroxylation is 3. The first-order valence-electron chi connectivity index (χ1n) is 31.3. The minimum atomic E-state index is 0.797. The first kappa shape index (κ1) is 52.3. The zero-order valence-electron chi connectivity index (χ0n) is 50.5. The van der Waals surface area contributed by atoms with Crippen LogP contribution in [-0.4, -0.2) is 28.2 Å². The Kier molecular flexibility index (Phi) is 11.9. The molecule has 0 bridgehead atoms. The highest BCUT2D eigenvalue weighted by molar-refractivity contribution is 6.16. The molecule has 0 atom stereocenters. The summed E-state index contributed by atoms with van der Waals surface area (Å²) < 4.78 is 9.98. The monoisotopic (exact) mass is 1160 g/mol. The summed E-state index contributed by atoms with van der Waals surface area (Å²) in [6, 6.07) is 109. The van der Waals surface area contributed by atoms with Crippen LogP contribution in [0.3, 0.4) is 0 Å². The largest absolute Gasteiger partial charge is 0.309 e. The van der Waals surface area contributed by atoms with Gasteiger partial charge in [0.05, 0.1) is 72.6 Å². The van der Waals surface area contributed by atoms with E-state index in [9.17, 15) is 0 Å². The van der Waals surface area contributed by atoms with Crippen LogP contribution in [-0.2, 0) is 0 Å². The van der Waals surface area contributed by atoms with Gasteiger partial charge in [-0.15, -0.1) is 0 Å². The highest BCUT2D eigenvalue weighted by Gasteiger charge is 2.33. The normalized spacial score (nSPS) is 11.9. The Morgan fingerprint density at radius 2 is 0.615 bits per heavy atom. The van der Waals surface area contributed by atoms with Crippen LogP contribution in [0.4, 0.5) is 0 Å². The maximum absolute atomic E-state index is 6.53. The molecule has 0 N–H and O–H groups in total. The topological polar surface area (TPSA) is 45.5 Å². The molecule has 0 spiro atoms. The van der Waals surface area contributed by atoms with E-state index in [2.05, 4.69) is 336 Å². The standard InChI is InChI=1S/C85H58N6/c1-53-41-44-78-68(47-53)64-32-14-19-38-75(64)89(78)83-81(67-35-11-10-29-61(67)59-51-71(56-23-6-4-7-24-56)86-72(52-59)57-25-8-5-9-26-57)84(90-76-39-20-15-33-65(76)69-48-54(2)42-45-79(69)90)85(91-77-40-21-16-34-66(77)70-49-55(3)43-46-80(70)91)87-82(83)58-27-22-28-60(50-58)88-73-36-17-12-30-62(73)63-31-13-18-37-74(63)88/h4-52H,1-3H3. The van der Waals surface area contributed by atoms with E-state index in [0.717, 1.165) is 139 Å².